The van der Waals surface area contributed by atoms with Crippen molar-refractivity contribution in [2.75, 3.05) is 13.7 Å². The number of methoxy groups -OCH3 is 1. The van der Waals surface area contributed by atoms with Crippen molar-refractivity contribution in [2.24, 2.45) is 5.92 Å². The Morgan fingerprint density at radius 1 is 0.980 bits per heavy atom. The largest absolute Gasteiger partial charge is 0.495 e. The van der Waals surface area contributed by atoms with Gasteiger partial charge in [0.1, 0.15) is 17.1 Å². The third-order valence-corrected chi connectivity index (χ3v) is 11.2. The van der Waals surface area contributed by atoms with Crippen LogP contribution < -0.4 is 19.5 Å². The molecule has 10 nitrogen and oxygen atoms in total. The number of hydrogen-bond donors (Lipinski definition) is 2. The van der Waals surface area contributed by atoms with E-state index in [0.717, 1.165) is 37.8 Å². The van der Waals surface area contributed by atoms with Gasteiger partial charge in [-0.1, -0.05) is 36.9 Å². The third-order valence-electron chi connectivity index (χ3n) is 9.47. The second kappa shape index (κ2) is 15.0. The zero-order valence-corrected chi connectivity index (χ0v) is 29.9. The number of nitrogens with one attached hydrogen (secondary N) is 2. The monoisotopic (exact) mass is 725 g/mol. The van der Waals surface area contributed by atoms with Crippen molar-refractivity contribution >= 4 is 33.6 Å². The van der Waals surface area contributed by atoms with E-state index in [2.05, 4.69) is 10.0 Å². The summed E-state index contributed by atoms with van der Waals surface area (Å²) in [5, 5.41) is 2.91. The molecule has 2 aromatic rings. The highest BCUT2D eigenvalue weighted by Crippen LogP contribution is 2.42. The van der Waals surface area contributed by atoms with Crippen LogP contribution in [-0.2, 0) is 25.5 Å². The molecule has 0 aromatic heterocycles. The van der Waals surface area contributed by atoms with Crippen molar-refractivity contribution in [2.45, 2.75) is 119 Å². The Kier molecular flexibility index (Phi) is 11.3. The van der Waals surface area contributed by atoms with Crippen molar-refractivity contribution in [3.8, 4) is 11.5 Å². The smallest absolute Gasteiger partial charge is 0.407 e. The maximum atomic E-state index is 16.6. The molecule has 3 atom stereocenters. The lowest BCUT2D eigenvalue weighted by atomic mass is 9.90. The standard InChI is InChI=1S/C35H46ClF2N3O7S/c1-34(2,3)48-33(43)39-24-19-25-11-12-26(20-24)41(25)32(42)31(35(37,38)23-10-17-29(36)30(18-23)46-4)40-49(44,45)28-15-13-27(14-16-28)47-21-22-8-6-5-7-9-22/h10,13-18,22,24-26,31,40H,5-9,11-12,19-21H2,1-4H3,(H,39,43). The van der Waals surface area contributed by atoms with Crippen molar-refractivity contribution in [1.29, 1.82) is 0 Å². The number of ether oxygens (including phenoxy) is 3. The number of benzene rings is 2. The predicted molar refractivity (Wildman–Crippen MR) is 181 cm³/mol. The van der Waals surface area contributed by atoms with Crippen molar-refractivity contribution < 1.29 is 41.0 Å². The zero-order chi connectivity index (χ0) is 35.6. The van der Waals surface area contributed by atoms with Crippen LogP contribution in [-0.4, -0.2) is 68.8 Å². The van der Waals surface area contributed by atoms with Gasteiger partial charge in [-0.2, -0.15) is 13.5 Å². The van der Waals surface area contributed by atoms with Crippen molar-refractivity contribution in [3.63, 3.8) is 0 Å². The van der Waals surface area contributed by atoms with Crippen LogP contribution in [0.3, 0.4) is 0 Å². The lowest BCUT2D eigenvalue weighted by Gasteiger charge is -2.42. The van der Waals surface area contributed by atoms with E-state index in [1.54, 1.807) is 20.8 Å². The first-order valence-corrected chi connectivity index (χ1v) is 18.7. The van der Waals surface area contributed by atoms with Gasteiger partial charge in [0.2, 0.25) is 15.9 Å². The summed E-state index contributed by atoms with van der Waals surface area (Å²) in [4.78, 5) is 27.8. The summed E-state index contributed by atoms with van der Waals surface area (Å²) in [7, 11) is -3.36. The van der Waals surface area contributed by atoms with Gasteiger partial charge in [0, 0.05) is 23.7 Å². The molecule has 2 amide bonds. The molecular formula is C35H46ClF2N3O7S. The average molecular weight is 726 g/mol. The molecule has 0 spiro atoms. The number of piperidine rings is 1. The highest BCUT2D eigenvalue weighted by molar-refractivity contribution is 7.89. The fourth-order valence-electron chi connectivity index (χ4n) is 7.10. The van der Waals surface area contributed by atoms with Crippen LogP contribution in [0.15, 0.2) is 47.4 Å². The molecule has 3 unspecified atom stereocenters. The van der Waals surface area contributed by atoms with Crippen LogP contribution in [0.5, 0.6) is 11.5 Å². The second-order valence-electron chi connectivity index (χ2n) is 14.3. The van der Waals surface area contributed by atoms with Crippen LogP contribution in [0.2, 0.25) is 5.02 Å². The zero-order valence-electron chi connectivity index (χ0n) is 28.3. The Morgan fingerprint density at radius 2 is 1.61 bits per heavy atom. The molecule has 49 heavy (non-hydrogen) atoms. The summed E-state index contributed by atoms with van der Waals surface area (Å²) in [5.74, 6) is -4.22. The molecule has 5 rings (SSSR count). The Balaban J connectivity index is 1.38. The molecule has 2 heterocycles. The molecule has 3 fully saturated rings. The summed E-state index contributed by atoms with van der Waals surface area (Å²) in [6, 6.07) is 4.97. The Labute approximate surface area is 292 Å². The van der Waals surface area contributed by atoms with E-state index in [-0.39, 0.29) is 21.7 Å². The van der Waals surface area contributed by atoms with E-state index >= 15 is 8.78 Å². The number of hydrogen-bond acceptors (Lipinski definition) is 7. The summed E-state index contributed by atoms with van der Waals surface area (Å²) in [6.45, 7) is 5.75. The van der Waals surface area contributed by atoms with E-state index in [1.807, 2.05) is 0 Å². The van der Waals surface area contributed by atoms with Gasteiger partial charge in [-0.3, -0.25) is 4.79 Å². The quantitative estimate of drug-likeness (QED) is 0.262. The normalized spacial score (nSPS) is 22.3. The van der Waals surface area contributed by atoms with Gasteiger partial charge < -0.3 is 24.4 Å². The summed E-state index contributed by atoms with van der Waals surface area (Å²) in [6.07, 6.45) is 6.76. The SMILES string of the molecule is COc1cc(C(F)(F)C(NS(=O)(=O)c2ccc(OCC3CCCCC3)cc2)C(=O)N2C3CCC2CC(NC(=O)OC(C)(C)C)C3)ccc1Cl. The summed E-state index contributed by atoms with van der Waals surface area (Å²) in [5.41, 5.74) is -1.35. The number of amides is 2. The number of sulfonamides is 1. The first kappa shape index (κ1) is 37.1. The number of carbonyl (C=O) groups excluding carboxylic acids is 2. The van der Waals surface area contributed by atoms with Crippen LogP contribution in [0.25, 0.3) is 0 Å². The number of carbonyl (C=O) groups is 2. The molecular weight excluding hydrogens is 680 g/mol. The second-order valence-corrected chi connectivity index (χ2v) is 16.4. The molecule has 14 heteroatoms. The topological polar surface area (TPSA) is 123 Å². The average Bonchev–Trinajstić information content (AvgIpc) is 3.32. The maximum absolute atomic E-state index is 16.6. The van der Waals surface area contributed by atoms with Crippen LogP contribution in [0.4, 0.5) is 13.6 Å². The molecule has 2 aromatic carbocycles. The summed E-state index contributed by atoms with van der Waals surface area (Å²) < 4.78 is 79.0. The Morgan fingerprint density at radius 3 is 2.20 bits per heavy atom. The summed E-state index contributed by atoms with van der Waals surface area (Å²) >= 11 is 6.10. The lowest BCUT2D eigenvalue weighted by Crippen LogP contribution is -2.61. The Hall–Kier alpha value is -3.16. The van der Waals surface area contributed by atoms with Crippen molar-refractivity contribution in [1.82, 2.24) is 14.9 Å². The minimum atomic E-state index is -4.63. The number of halogens is 3. The van der Waals surface area contributed by atoms with Crippen molar-refractivity contribution in [3.05, 3.63) is 53.1 Å². The molecule has 2 bridgehead atoms. The van der Waals surface area contributed by atoms with Gasteiger partial charge in [-0.15, -0.1) is 0 Å². The Bertz CT molecular complexity index is 1580. The van der Waals surface area contributed by atoms with E-state index in [1.165, 1.54) is 48.8 Å². The predicted octanol–water partition coefficient (Wildman–Crippen LogP) is 6.79. The highest BCUT2D eigenvalue weighted by Gasteiger charge is 2.54. The molecule has 2 N–H and O–H groups in total. The van der Waals surface area contributed by atoms with E-state index in [0.29, 0.717) is 44.0 Å². The molecule has 1 aliphatic carbocycles. The number of rotatable bonds is 11. The number of alkyl carbamates (subject to hydrolysis) is 1. The fraction of sp³-hybridized carbons (Fsp3) is 0.600. The number of alkyl halides is 2. The van der Waals surface area contributed by atoms with Gasteiger partial charge >= 0.3 is 6.09 Å². The van der Waals surface area contributed by atoms with Gasteiger partial charge in [-0.25, -0.2) is 13.2 Å². The van der Waals surface area contributed by atoms with E-state index in [9.17, 15) is 18.0 Å². The molecule has 0 radical (unpaired) electrons. The minimum Gasteiger partial charge on any atom is -0.495 e. The van der Waals surface area contributed by atoms with Crippen LogP contribution in [0.1, 0.15) is 84.1 Å². The number of fused-ring (bicyclic) bond motifs is 2. The van der Waals surface area contributed by atoms with E-state index in [4.69, 9.17) is 25.8 Å². The molecule has 2 saturated heterocycles. The minimum absolute atomic E-state index is 0.0502. The molecule has 3 aliphatic rings. The van der Waals surface area contributed by atoms with Gasteiger partial charge in [0.25, 0.3) is 5.92 Å². The lowest BCUT2D eigenvalue weighted by molar-refractivity contribution is -0.149. The first-order chi connectivity index (χ1) is 23.1. The molecule has 1 saturated carbocycles. The van der Waals surface area contributed by atoms with Crippen LogP contribution >= 0.6 is 11.6 Å². The van der Waals surface area contributed by atoms with Crippen LogP contribution in [0, 0.1) is 5.92 Å². The van der Waals surface area contributed by atoms with Gasteiger partial charge in [0.15, 0.2) is 6.04 Å². The van der Waals surface area contributed by atoms with E-state index < -0.39 is 57.2 Å². The highest BCUT2D eigenvalue weighted by atomic mass is 35.5. The van der Waals surface area contributed by atoms with Gasteiger partial charge in [0.05, 0.1) is 23.6 Å². The fourth-order valence-corrected chi connectivity index (χ4v) is 8.48. The molecule has 270 valence electrons. The first-order valence-electron chi connectivity index (χ1n) is 16.9. The van der Waals surface area contributed by atoms with Gasteiger partial charge in [-0.05, 0) is 102 Å². The third kappa shape index (κ3) is 8.96. The maximum Gasteiger partial charge on any atom is 0.407 e. The molecule has 2 aliphatic heterocycles. The number of nitrogens with zero attached hydrogens (tertiary/aromatic N) is 1.